The third kappa shape index (κ3) is 3.58. The van der Waals surface area contributed by atoms with Crippen LogP contribution in [-0.2, 0) is 0 Å². The van der Waals surface area contributed by atoms with E-state index < -0.39 is 18.6 Å². The van der Waals surface area contributed by atoms with Crippen molar-refractivity contribution >= 4 is 0 Å². The number of halogens is 5. The highest BCUT2D eigenvalue weighted by atomic mass is 19.3. The van der Waals surface area contributed by atoms with Crippen molar-refractivity contribution in [3.05, 3.63) is 11.9 Å². The van der Waals surface area contributed by atoms with Crippen LogP contribution >= 0.6 is 0 Å². The summed E-state index contributed by atoms with van der Waals surface area (Å²) in [6, 6.07) is 0. The van der Waals surface area contributed by atoms with Gasteiger partial charge in [-0.25, -0.2) is 8.78 Å². The molecule has 0 heterocycles. The molecule has 0 amide bonds. The van der Waals surface area contributed by atoms with Crippen molar-refractivity contribution in [2.75, 3.05) is 6.67 Å². The lowest BCUT2D eigenvalue weighted by atomic mass is 10.6. The van der Waals surface area contributed by atoms with Crippen LogP contribution in [0.25, 0.3) is 0 Å². The van der Waals surface area contributed by atoms with Gasteiger partial charge in [0.25, 0.3) is 0 Å². The number of alkyl halides is 1. The van der Waals surface area contributed by atoms with E-state index in [4.69, 9.17) is 0 Å². The van der Waals surface area contributed by atoms with Gasteiger partial charge in [0, 0.05) is 0 Å². The Kier molecular flexibility index (Phi) is 5.90. The molecule has 50 valence electrons. The van der Waals surface area contributed by atoms with Crippen molar-refractivity contribution in [1.82, 2.24) is 0 Å². The fourth-order valence-corrected chi connectivity index (χ4v) is 0.0505. The summed E-state index contributed by atoms with van der Waals surface area (Å²) in [5, 5.41) is 0. The van der Waals surface area contributed by atoms with Crippen molar-refractivity contribution in [3.8, 4) is 0 Å². The van der Waals surface area contributed by atoms with Crippen LogP contribution in [0.1, 0.15) is 0 Å². The van der Waals surface area contributed by atoms with Gasteiger partial charge in [0.15, 0.2) is 5.83 Å². The second-order valence-corrected chi connectivity index (χ2v) is 0.799. The highest BCUT2D eigenvalue weighted by molar-refractivity contribution is 4.90. The quantitative estimate of drug-likeness (QED) is 0.482. The minimum atomic E-state index is -2.58. The molecule has 0 aliphatic rings. The monoisotopic (exact) mass is 134 g/mol. The van der Waals surface area contributed by atoms with E-state index in [1.807, 2.05) is 0 Å². The van der Waals surface area contributed by atoms with E-state index in [-0.39, 0.29) is 4.70 Å². The molecule has 0 nitrogen and oxygen atoms in total. The summed E-state index contributed by atoms with van der Waals surface area (Å²) in [5.41, 5.74) is 0. The normalized spacial score (nSPS) is 7.50. The molecule has 0 saturated carbocycles. The van der Waals surface area contributed by atoms with Crippen LogP contribution in [0.2, 0.25) is 0 Å². The van der Waals surface area contributed by atoms with E-state index in [0.717, 1.165) is 0 Å². The molecule has 0 radical (unpaired) electrons. The molecule has 0 rings (SSSR count). The first-order valence-electron chi connectivity index (χ1n) is 1.44. The zero-order chi connectivity index (χ0) is 5.86. The predicted molar refractivity (Wildman–Crippen MR) is 18.8 cm³/mol. The van der Waals surface area contributed by atoms with Crippen LogP contribution in [0.4, 0.5) is 22.3 Å². The lowest BCUT2D eigenvalue weighted by molar-refractivity contribution is 0.348. The molecule has 0 atom stereocenters. The van der Waals surface area contributed by atoms with Gasteiger partial charge in [-0.05, 0) is 0 Å². The molecule has 0 aromatic heterocycles. The summed E-state index contributed by atoms with van der Waals surface area (Å²) >= 11 is 0. The maximum atomic E-state index is 11.0. The first-order valence-corrected chi connectivity index (χ1v) is 1.44. The van der Waals surface area contributed by atoms with E-state index in [0.29, 0.717) is 0 Å². The van der Waals surface area contributed by atoms with Gasteiger partial charge in [-0.1, -0.05) is 0 Å². The highest BCUT2D eigenvalue weighted by Gasteiger charge is 2.00. The van der Waals surface area contributed by atoms with Crippen LogP contribution in [0.5, 0.6) is 0 Å². The lowest BCUT2D eigenvalue weighted by Crippen LogP contribution is -1.74. The molecule has 0 aliphatic heterocycles. The first-order chi connectivity index (χ1) is 3.18. The second-order valence-electron chi connectivity index (χ2n) is 0.799. The van der Waals surface area contributed by atoms with Crippen LogP contribution in [0, 0.1) is 0 Å². The third-order valence-corrected chi connectivity index (χ3v) is 0.322. The predicted octanol–water partition coefficient (Wildman–Crippen LogP) is 2.19. The van der Waals surface area contributed by atoms with Crippen LogP contribution in [0.3, 0.4) is 0 Å². The summed E-state index contributed by atoms with van der Waals surface area (Å²) in [7, 11) is 0. The van der Waals surface area contributed by atoms with Crippen molar-refractivity contribution in [3.63, 3.8) is 0 Å². The van der Waals surface area contributed by atoms with Crippen molar-refractivity contribution < 1.29 is 22.3 Å². The Morgan fingerprint density at radius 3 is 1.50 bits per heavy atom. The van der Waals surface area contributed by atoms with Gasteiger partial charge < -0.3 is 0 Å². The summed E-state index contributed by atoms with van der Waals surface area (Å²) in [4.78, 5) is 0. The summed E-state index contributed by atoms with van der Waals surface area (Å²) < 4.78 is 43.1. The molecule has 0 aliphatic carbocycles. The molecular formula is C3H3F5. The minimum absolute atomic E-state index is 0. The van der Waals surface area contributed by atoms with E-state index in [1.54, 1.807) is 0 Å². The second kappa shape index (κ2) is 4.55. The van der Waals surface area contributed by atoms with Gasteiger partial charge in [-0.3, -0.25) is 4.70 Å². The maximum absolute atomic E-state index is 11.0. The highest BCUT2D eigenvalue weighted by Crippen LogP contribution is 2.07. The molecule has 0 bridgehead atoms. The van der Waals surface area contributed by atoms with E-state index >= 15 is 0 Å². The zero-order valence-corrected chi connectivity index (χ0v) is 3.63. The molecular weight excluding hydrogens is 131 g/mol. The third-order valence-electron chi connectivity index (χ3n) is 0.322. The van der Waals surface area contributed by atoms with Gasteiger partial charge >= 0.3 is 6.08 Å². The van der Waals surface area contributed by atoms with Gasteiger partial charge in [0.05, 0.1) is 0 Å². The Labute approximate surface area is 42.2 Å². The number of allylic oxidation sites excluding steroid dienone is 1. The summed E-state index contributed by atoms with van der Waals surface area (Å²) in [6.45, 7) is -1.72. The Hall–Kier alpha value is -0.610. The molecule has 0 aromatic carbocycles. The van der Waals surface area contributed by atoms with Gasteiger partial charge in [0.1, 0.15) is 6.67 Å². The van der Waals surface area contributed by atoms with E-state index in [9.17, 15) is 17.6 Å². The number of hydrogen-bond acceptors (Lipinski definition) is 0. The summed E-state index contributed by atoms with van der Waals surface area (Å²) in [5.74, 6) is -1.99. The lowest BCUT2D eigenvalue weighted by Gasteiger charge is -1.79. The SMILES string of the molecule is F.FCC(F)=C(F)F. The number of hydrogen-bond donors (Lipinski definition) is 0. The van der Waals surface area contributed by atoms with Crippen LogP contribution in [0.15, 0.2) is 11.9 Å². The van der Waals surface area contributed by atoms with Crippen molar-refractivity contribution in [1.29, 1.82) is 0 Å². The van der Waals surface area contributed by atoms with Gasteiger partial charge in [-0.15, -0.1) is 0 Å². The van der Waals surface area contributed by atoms with E-state index in [2.05, 4.69) is 0 Å². The van der Waals surface area contributed by atoms with Crippen LogP contribution in [-0.4, -0.2) is 6.67 Å². The largest absolute Gasteiger partial charge is 0.304 e. The molecule has 0 spiro atoms. The Morgan fingerprint density at radius 2 is 1.50 bits per heavy atom. The Balaban J connectivity index is 0. The first kappa shape index (κ1) is 10.4. The Morgan fingerprint density at radius 1 is 1.12 bits per heavy atom. The molecule has 0 aromatic rings. The van der Waals surface area contributed by atoms with Crippen molar-refractivity contribution in [2.24, 2.45) is 0 Å². The average molecular weight is 134 g/mol. The van der Waals surface area contributed by atoms with Gasteiger partial charge in [-0.2, -0.15) is 8.78 Å². The molecule has 0 saturated heterocycles. The molecule has 0 fully saturated rings. The van der Waals surface area contributed by atoms with Gasteiger partial charge in [0.2, 0.25) is 0 Å². The van der Waals surface area contributed by atoms with E-state index in [1.165, 1.54) is 0 Å². The summed E-state index contributed by atoms with van der Waals surface area (Å²) in [6.07, 6.45) is -2.58. The fourth-order valence-electron chi connectivity index (χ4n) is 0.0505. The van der Waals surface area contributed by atoms with Crippen LogP contribution < -0.4 is 0 Å². The minimum Gasteiger partial charge on any atom is -0.269 e. The molecule has 8 heavy (non-hydrogen) atoms. The Bertz CT molecular complexity index is 81.7. The molecule has 0 unspecified atom stereocenters. The zero-order valence-electron chi connectivity index (χ0n) is 3.63. The maximum Gasteiger partial charge on any atom is 0.304 e. The topological polar surface area (TPSA) is 0 Å². The molecule has 5 heteroatoms. The molecule has 0 N–H and O–H groups in total. The number of rotatable bonds is 1. The smallest absolute Gasteiger partial charge is 0.269 e. The van der Waals surface area contributed by atoms with Crippen molar-refractivity contribution in [2.45, 2.75) is 0 Å². The standard InChI is InChI=1S/C3H2F4.FH/c4-1-2(5)3(6)7;/h1H2;1H. The average Bonchev–Trinajstić information content (AvgIpc) is 1.65. The fraction of sp³-hybridized carbons (Fsp3) is 0.333.